The number of rotatable bonds is 4. The van der Waals surface area contributed by atoms with E-state index in [0.29, 0.717) is 18.8 Å². The number of hydrogen-bond donors (Lipinski definition) is 1. The lowest BCUT2D eigenvalue weighted by atomic mass is 9.85. The van der Waals surface area contributed by atoms with E-state index in [9.17, 15) is 14.7 Å². The number of nitrogens with zero attached hydrogens (tertiary/aromatic N) is 1. The van der Waals surface area contributed by atoms with Crippen molar-refractivity contribution in [3.8, 4) is 0 Å². The van der Waals surface area contributed by atoms with E-state index >= 15 is 0 Å². The topological polar surface area (TPSA) is 57.6 Å². The molecule has 0 unspecified atom stereocenters. The number of aliphatic hydroxyl groups excluding tert-OH is 1. The lowest BCUT2D eigenvalue weighted by molar-refractivity contribution is -0.141. The van der Waals surface area contributed by atoms with Crippen molar-refractivity contribution in [2.75, 3.05) is 6.54 Å². The predicted molar refractivity (Wildman–Crippen MR) is 74.7 cm³/mol. The fraction of sp³-hybridized carbons (Fsp3) is 0.750. The summed E-state index contributed by atoms with van der Waals surface area (Å²) in [5.41, 5.74) is 0. The fourth-order valence-corrected chi connectivity index (χ4v) is 3.97. The molecule has 3 aliphatic rings. The van der Waals surface area contributed by atoms with Gasteiger partial charge in [-0.3, -0.25) is 14.5 Å². The molecule has 4 nitrogen and oxygen atoms in total. The first-order valence-corrected chi connectivity index (χ1v) is 7.85. The fourth-order valence-electron chi connectivity index (χ4n) is 3.97. The number of likely N-dealkylation sites (tertiary alicyclic amines) is 1. The standard InChI is InChI=1S/C16H23NO3/c18-12(9-11-5-1-2-6-11)10-17-15(19)13-7-3-4-8-14(13)16(17)20/h3-4,11-14,18H,1-2,5-10H2/t12-,13-,14+/m0/s1. The van der Waals surface area contributed by atoms with Crippen molar-refractivity contribution in [2.24, 2.45) is 17.8 Å². The Morgan fingerprint density at radius 2 is 1.65 bits per heavy atom. The van der Waals surface area contributed by atoms with Crippen molar-refractivity contribution in [1.82, 2.24) is 4.90 Å². The molecule has 0 aromatic rings. The maximum atomic E-state index is 12.3. The summed E-state index contributed by atoms with van der Waals surface area (Å²) < 4.78 is 0. The van der Waals surface area contributed by atoms with Crippen LogP contribution in [0.3, 0.4) is 0 Å². The Kier molecular flexibility index (Phi) is 3.92. The summed E-state index contributed by atoms with van der Waals surface area (Å²) in [6, 6.07) is 0. The molecule has 2 amide bonds. The van der Waals surface area contributed by atoms with Crippen LogP contribution in [0.1, 0.15) is 44.9 Å². The molecular formula is C16H23NO3. The second kappa shape index (κ2) is 5.68. The molecule has 1 saturated carbocycles. The molecule has 1 heterocycles. The van der Waals surface area contributed by atoms with Gasteiger partial charge in [-0.05, 0) is 25.2 Å². The van der Waals surface area contributed by atoms with E-state index < -0.39 is 6.10 Å². The van der Waals surface area contributed by atoms with Gasteiger partial charge in [-0.1, -0.05) is 37.8 Å². The third-order valence-electron chi connectivity index (χ3n) is 5.07. The number of carbonyl (C=O) groups excluding carboxylic acids is 2. The molecule has 20 heavy (non-hydrogen) atoms. The number of hydrogen-bond acceptors (Lipinski definition) is 3. The van der Waals surface area contributed by atoms with Crippen LogP contribution in [0, 0.1) is 17.8 Å². The zero-order chi connectivity index (χ0) is 14.1. The van der Waals surface area contributed by atoms with Crippen molar-refractivity contribution in [3.05, 3.63) is 12.2 Å². The summed E-state index contributed by atoms with van der Waals surface area (Å²) in [6.07, 6.45) is 10.3. The van der Waals surface area contributed by atoms with Crippen LogP contribution >= 0.6 is 0 Å². The molecule has 0 radical (unpaired) electrons. The Morgan fingerprint density at radius 1 is 1.10 bits per heavy atom. The van der Waals surface area contributed by atoms with Crippen molar-refractivity contribution < 1.29 is 14.7 Å². The number of aliphatic hydroxyl groups is 1. The molecule has 0 bridgehead atoms. The molecule has 2 aliphatic carbocycles. The first-order chi connectivity index (χ1) is 9.66. The van der Waals surface area contributed by atoms with E-state index in [1.807, 2.05) is 12.2 Å². The highest BCUT2D eigenvalue weighted by Gasteiger charge is 2.47. The maximum Gasteiger partial charge on any atom is 0.233 e. The van der Waals surface area contributed by atoms with Crippen molar-refractivity contribution in [2.45, 2.75) is 51.0 Å². The molecule has 0 aromatic heterocycles. The number of carbonyl (C=O) groups is 2. The lowest BCUT2D eigenvalue weighted by Gasteiger charge is -2.21. The Balaban J connectivity index is 1.59. The summed E-state index contributed by atoms with van der Waals surface area (Å²) in [4.78, 5) is 25.9. The normalized spacial score (nSPS) is 31.9. The first-order valence-electron chi connectivity index (χ1n) is 7.85. The molecule has 3 atom stereocenters. The highest BCUT2D eigenvalue weighted by Crippen LogP contribution is 2.35. The monoisotopic (exact) mass is 277 g/mol. The SMILES string of the molecule is O=C1[C@H]2CC=CC[C@H]2C(=O)N1C[C@@H](O)CC1CCCC1. The molecule has 1 aliphatic heterocycles. The van der Waals surface area contributed by atoms with E-state index in [0.717, 1.165) is 6.42 Å². The number of allylic oxidation sites excluding steroid dienone is 2. The highest BCUT2D eigenvalue weighted by atomic mass is 16.3. The summed E-state index contributed by atoms with van der Waals surface area (Å²) >= 11 is 0. The minimum atomic E-state index is -0.556. The molecule has 3 rings (SSSR count). The van der Waals surface area contributed by atoms with E-state index in [1.165, 1.54) is 30.6 Å². The number of fused-ring (bicyclic) bond motifs is 1. The van der Waals surface area contributed by atoms with Gasteiger partial charge in [-0.25, -0.2) is 0 Å². The van der Waals surface area contributed by atoms with Crippen molar-refractivity contribution >= 4 is 11.8 Å². The largest absolute Gasteiger partial charge is 0.391 e. The summed E-state index contributed by atoms with van der Waals surface area (Å²) in [5, 5.41) is 10.2. The summed E-state index contributed by atoms with van der Waals surface area (Å²) in [6.45, 7) is 0.196. The van der Waals surface area contributed by atoms with Crippen LogP contribution in [0.2, 0.25) is 0 Å². The van der Waals surface area contributed by atoms with E-state index in [1.54, 1.807) is 0 Å². The predicted octanol–water partition coefficient (Wildman–Crippen LogP) is 1.88. The van der Waals surface area contributed by atoms with Crippen molar-refractivity contribution in [1.29, 1.82) is 0 Å². The zero-order valence-electron chi connectivity index (χ0n) is 11.8. The number of imide groups is 1. The van der Waals surface area contributed by atoms with Crippen LogP contribution in [-0.2, 0) is 9.59 Å². The molecule has 1 saturated heterocycles. The van der Waals surface area contributed by atoms with E-state index in [4.69, 9.17) is 0 Å². The van der Waals surface area contributed by atoms with Gasteiger partial charge in [0.15, 0.2) is 0 Å². The van der Waals surface area contributed by atoms with Crippen LogP contribution in [0.4, 0.5) is 0 Å². The van der Waals surface area contributed by atoms with Crippen molar-refractivity contribution in [3.63, 3.8) is 0 Å². The Bertz CT molecular complexity index is 399. The second-order valence-electron chi connectivity index (χ2n) is 6.48. The molecule has 0 aromatic carbocycles. The van der Waals surface area contributed by atoms with Crippen LogP contribution in [0.5, 0.6) is 0 Å². The summed E-state index contributed by atoms with van der Waals surface area (Å²) in [7, 11) is 0. The van der Waals surface area contributed by atoms with Gasteiger partial charge in [-0.2, -0.15) is 0 Å². The van der Waals surface area contributed by atoms with Gasteiger partial charge >= 0.3 is 0 Å². The molecule has 1 N–H and O–H groups in total. The minimum absolute atomic E-state index is 0.0742. The van der Waals surface area contributed by atoms with Gasteiger partial charge in [0.1, 0.15) is 0 Å². The van der Waals surface area contributed by atoms with E-state index in [-0.39, 0.29) is 30.2 Å². The van der Waals surface area contributed by atoms with Gasteiger partial charge in [0.25, 0.3) is 0 Å². The van der Waals surface area contributed by atoms with E-state index in [2.05, 4.69) is 0 Å². The van der Waals surface area contributed by atoms with Gasteiger partial charge in [0.05, 0.1) is 24.5 Å². The molecular weight excluding hydrogens is 254 g/mol. The lowest BCUT2D eigenvalue weighted by Crippen LogP contribution is -2.38. The average molecular weight is 277 g/mol. The smallest absolute Gasteiger partial charge is 0.233 e. The van der Waals surface area contributed by atoms with Crippen LogP contribution in [0.25, 0.3) is 0 Å². The Labute approximate surface area is 119 Å². The maximum absolute atomic E-state index is 12.3. The highest BCUT2D eigenvalue weighted by molar-refractivity contribution is 6.05. The Morgan fingerprint density at radius 3 is 2.20 bits per heavy atom. The van der Waals surface area contributed by atoms with Crippen LogP contribution < -0.4 is 0 Å². The first kappa shape index (κ1) is 13.8. The molecule has 4 heteroatoms. The quantitative estimate of drug-likeness (QED) is 0.630. The zero-order valence-corrected chi connectivity index (χ0v) is 11.8. The second-order valence-corrected chi connectivity index (χ2v) is 6.48. The number of β-amino-alcohol motifs (C(OH)–C–C–N with tert-alkyl or cyclic N) is 1. The molecule has 0 spiro atoms. The molecule has 110 valence electrons. The van der Waals surface area contributed by atoms with Gasteiger partial charge in [-0.15, -0.1) is 0 Å². The average Bonchev–Trinajstić information content (AvgIpc) is 3.03. The van der Waals surface area contributed by atoms with Gasteiger partial charge in [0.2, 0.25) is 11.8 Å². The van der Waals surface area contributed by atoms with Crippen LogP contribution in [-0.4, -0.2) is 34.5 Å². The van der Waals surface area contributed by atoms with Crippen LogP contribution in [0.15, 0.2) is 12.2 Å². The third-order valence-corrected chi connectivity index (χ3v) is 5.07. The minimum Gasteiger partial charge on any atom is -0.391 e. The Hall–Kier alpha value is -1.16. The number of amides is 2. The van der Waals surface area contributed by atoms with Gasteiger partial charge in [0, 0.05) is 0 Å². The summed E-state index contributed by atoms with van der Waals surface area (Å²) in [5.74, 6) is 0.0729. The molecule has 2 fully saturated rings. The third kappa shape index (κ3) is 2.53. The van der Waals surface area contributed by atoms with Gasteiger partial charge < -0.3 is 5.11 Å².